The summed E-state index contributed by atoms with van der Waals surface area (Å²) in [6, 6.07) is 7.60. The maximum Gasteiger partial charge on any atom is 0.254 e. The molecule has 2 aromatic rings. The van der Waals surface area contributed by atoms with E-state index >= 15 is 0 Å². The van der Waals surface area contributed by atoms with Crippen LogP contribution in [0.1, 0.15) is 26.3 Å². The number of hydrogen-bond donors (Lipinski definition) is 2. The fraction of sp³-hybridized carbons (Fsp3) is 0.0667. The Balaban J connectivity index is 2.07. The maximum atomic E-state index is 13.5. The van der Waals surface area contributed by atoms with Gasteiger partial charge in [-0.2, -0.15) is 0 Å². The number of nitrogens with one attached hydrogen (secondary N) is 1. The number of primary amides is 1. The van der Waals surface area contributed by atoms with Crippen molar-refractivity contribution >= 4 is 11.8 Å². The van der Waals surface area contributed by atoms with Gasteiger partial charge in [-0.3, -0.25) is 9.59 Å². The summed E-state index contributed by atoms with van der Waals surface area (Å²) in [7, 11) is 0. The number of benzene rings is 2. The summed E-state index contributed by atoms with van der Waals surface area (Å²) in [5, 5.41) is 2.37. The van der Waals surface area contributed by atoms with Crippen LogP contribution in [-0.4, -0.2) is 11.8 Å². The molecular formula is C15H11F3N2O2. The number of carbonyl (C=O) groups excluding carboxylic acids is 2. The van der Waals surface area contributed by atoms with Crippen molar-refractivity contribution in [2.24, 2.45) is 5.73 Å². The van der Waals surface area contributed by atoms with Crippen molar-refractivity contribution in [1.82, 2.24) is 5.32 Å². The molecule has 0 spiro atoms. The highest BCUT2D eigenvalue weighted by Gasteiger charge is 2.18. The third kappa shape index (κ3) is 3.25. The van der Waals surface area contributed by atoms with Gasteiger partial charge >= 0.3 is 0 Å². The molecule has 0 radical (unpaired) electrons. The fourth-order valence-corrected chi connectivity index (χ4v) is 1.77. The van der Waals surface area contributed by atoms with Gasteiger partial charge in [-0.1, -0.05) is 12.1 Å². The molecule has 7 heteroatoms. The van der Waals surface area contributed by atoms with E-state index in [0.717, 1.165) is 6.07 Å². The van der Waals surface area contributed by atoms with Gasteiger partial charge in [0, 0.05) is 12.1 Å². The van der Waals surface area contributed by atoms with Gasteiger partial charge in [0.05, 0.1) is 5.56 Å². The minimum Gasteiger partial charge on any atom is -0.366 e. The highest BCUT2D eigenvalue weighted by atomic mass is 19.2. The molecular weight excluding hydrogens is 297 g/mol. The standard InChI is InChI=1S/C15H11F3N2O2/c16-11-6-5-10(12(17)13(11)18)15(22)20-7-8-1-3-9(4-2-8)14(19)21/h1-6H,7H2,(H2,19,21)(H,20,22). The fourth-order valence-electron chi connectivity index (χ4n) is 1.77. The van der Waals surface area contributed by atoms with Crippen LogP contribution in [0.5, 0.6) is 0 Å². The molecule has 0 atom stereocenters. The van der Waals surface area contributed by atoms with Crippen LogP contribution in [0.3, 0.4) is 0 Å². The van der Waals surface area contributed by atoms with Crippen LogP contribution < -0.4 is 11.1 Å². The highest BCUT2D eigenvalue weighted by Crippen LogP contribution is 2.15. The summed E-state index contributed by atoms with van der Waals surface area (Å²) in [5.74, 6) is -6.06. The lowest BCUT2D eigenvalue weighted by molar-refractivity contribution is 0.0944. The number of halogens is 3. The molecule has 0 fully saturated rings. The molecule has 2 amide bonds. The average molecular weight is 308 g/mol. The SMILES string of the molecule is NC(=O)c1ccc(CNC(=O)c2ccc(F)c(F)c2F)cc1. The first-order valence-corrected chi connectivity index (χ1v) is 6.20. The highest BCUT2D eigenvalue weighted by molar-refractivity contribution is 5.94. The molecule has 0 unspecified atom stereocenters. The van der Waals surface area contributed by atoms with Gasteiger partial charge in [-0.25, -0.2) is 13.2 Å². The number of nitrogens with two attached hydrogens (primary N) is 1. The minimum absolute atomic E-state index is 0.0241. The molecule has 4 nitrogen and oxygen atoms in total. The van der Waals surface area contributed by atoms with E-state index < -0.39 is 34.8 Å². The molecule has 0 saturated carbocycles. The van der Waals surface area contributed by atoms with Crippen molar-refractivity contribution in [2.45, 2.75) is 6.54 Å². The minimum atomic E-state index is -1.70. The topological polar surface area (TPSA) is 72.2 Å². The Hall–Kier alpha value is -2.83. The molecule has 0 aliphatic rings. The molecule has 2 rings (SSSR count). The van der Waals surface area contributed by atoms with Crippen LogP contribution in [-0.2, 0) is 6.54 Å². The van der Waals surface area contributed by atoms with Crippen LogP contribution >= 0.6 is 0 Å². The van der Waals surface area contributed by atoms with Gasteiger partial charge < -0.3 is 11.1 Å². The molecule has 0 heterocycles. The molecule has 0 saturated heterocycles. The summed E-state index contributed by atoms with van der Waals surface area (Å²) < 4.78 is 39.3. The predicted molar refractivity (Wildman–Crippen MR) is 72.4 cm³/mol. The molecule has 0 aliphatic carbocycles. The van der Waals surface area contributed by atoms with Crippen LogP contribution in [0.15, 0.2) is 36.4 Å². The zero-order valence-electron chi connectivity index (χ0n) is 11.2. The van der Waals surface area contributed by atoms with E-state index in [1.807, 2.05) is 0 Å². The van der Waals surface area contributed by atoms with Gasteiger partial charge in [0.2, 0.25) is 5.91 Å². The Morgan fingerprint density at radius 2 is 1.59 bits per heavy atom. The quantitative estimate of drug-likeness (QED) is 0.849. The second-order valence-corrected chi connectivity index (χ2v) is 4.47. The molecule has 3 N–H and O–H groups in total. The first-order valence-electron chi connectivity index (χ1n) is 6.20. The number of carbonyl (C=O) groups is 2. The van der Waals surface area contributed by atoms with Crippen LogP contribution in [0.25, 0.3) is 0 Å². The molecule has 2 aromatic carbocycles. The maximum absolute atomic E-state index is 13.5. The molecule has 0 aromatic heterocycles. The lowest BCUT2D eigenvalue weighted by atomic mass is 10.1. The monoisotopic (exact) mass is 308 g/mol. The van der Waals surface area contributed by atoms with E-state index in [2.05, 4.69) is 5.32 Å². The third-order valence-electron chi connectivity index (χ3n) is 2.97. The Morgan fingerprint density at radius 1 is 0.955 bits per heavy atom. The number of rotatable bonds is 4. The molecule has 0 bridgehead atoms. The number of hydrogen-bond acceptors (Lipinski definition) is 2. The van der Waals surface area contributed by atoms with Gasteiger partial charge in [-0.15, -0.1) is 0 Å². The van der Waals surface area contributed by atoms with E-state index in [4.69, 9.17) is 5.73 Å². The van der Waals surface area contributed by atoms with E-state index in [0.29, 0.717) is 17.2 Å². The van der Waals surface area contributed by atoms with Crippen molar-refractivity contribution in [1.29, 1.82) is 0 Å². The second kappa shape index (κ2) is 6.30. The summed E-state index contributed by atoms with van der Waals surface area (Å²) >= 11 is 0. The van der Waals surface area contributed by atoms with Gasteiger partial charge in [0.15, 0.2) is 17.5 Å². The van der Waals surface area contributed by atoms with Crippen molar-refractivity contribution in [3.05, 3.63) is 70.5 Å². The van der Waals surface area contributed by atoms with E-state index in [1.165, 1.54) is 12.1 Å². The Morgan fingerprint density at radius 3 is 2.18 bits per heavy atom. The Labute approximate surface area is 123 Å². The lowest BCUT2D eigenvalue weighted by Crippen LogP contribution is -2.24. The van der Waals surface area contributed by atoms with Crippen molar-refractivity contribution < 1.29 is 22.8 Å². The van der Waals surface area contributed by atoms with Gasteiger partial charge in [-0.05, 0) is 29.8 Å². The van der Waals surface area contributed by atoms with E-state index in [-0.39, 0.29) is 6.54 Å². The zero-order chi connectivity index (χ0) is 16.3. The molecule has 114 valence electrons. The Kier molecular flexibility index (Phi) is 4.45. The average Bonchev–Trinajstić information content (AvgIpc) is 2.51. The van der Waals surface area contributed by atoms with Gasteiger partial charge in [0.25, 0.3) is 5.91 Å². The van der Waals surface area contributed by atoms with E-state index in [1.54, 1.807) is 12.1 Å². The van der Waals surface area contributed by atoms with E-state index in [9.17, 15) is 22.8 Å². The smallest absolute Gasteiger partial charge is 0.254 e. The van der Waals surface area contributed by atoms with Crippen LogP contribution in [0, 0.1) is 17.5 Å². The summed E-state index contributed by atoms with van der Waals surface area (Å²) in [6.07, 6.45) is 0. The van der Waals surface area contributed by atoms with Crippen LogP contribution in [0.4, 0.5) is 13.2 Å². The van der Waals surface area contributed by atoms with Crippen molar-refractivity contribution in [3.63, 3.8) is 0 Å². The second-order valence-electron chi connectivity index (χ2n) is 4.47. The zero-order valence-corrected chi connectivity index (χ0v) is 11.2. The third-order valence-corrected chi connectivity index (χ3v) is 2.97. The largest absolute Gasteiger partial charge is 0.366 e. The summed E-state index contributed by atoms with van der Waals surface area (Å²) in [6.45, 7) is 0.0241. The van der Waals surface area contributed by atoms with Crippen molar-refractivity contribution in [2.75, 3.05) is 0 Å². The summed E-state index contributed by atoms with van der Waals surface area (Å²) in [4.78, 5) is 22.7. The lowest BCUT2D eigenvalue weighted by Gasteiger charge is -2.07. The summed E-state index contributed by atoms with van der Waals surface area (Å²) in [5.41, 5.74) is 5.43. The predicted octanol–water partition coefficient (Wildman–Crippen LogP) is 2.13. The van der Waals surface area contributed by atoms with Crippen molar-refractivity contribution in [3.8, 4) is 0 Å². The van der Waals surface area contributed by atoms with Gasteiger partial charge in [0.1, 0.15) is 0 Å². The van der Waals surface area contributed by atoms with Crippen LogP contribution in [0.2, 0.25) is 0 Å². The Bertz CT molecular complexity index is 730. The first kappa shape index (κ1) is 15.6. The first-order chi connectivity index (χ1) is 10.4. The molecule has 22 heavy (non-hydrogen) atoms. The normalized spacial score (nSPS) is 10.3. The number of amides is 2. The molecule has 0 aliphatic heterocycles.